The fourth-order valence-corrected chi connectivity index (χ4v) is 3.96. The van der Waals surface area contributed by atoms with Crippen molar-refractivity contribution in [2.75, 3.05) is 0 Å². The quantitative estimate of drug-likeness (QED) is 0.261. The van der Waals surface area contributed by atoms with Gasteiger partial charge in [0.15, 0.2) is 0 Å². The molecule has 1 aromatic heterocycles. The van der Waals surface area contributed by atoms with Gasteiger partial charge in [-0.05, 0) is 48.4 Å². The zero-order chi connectivity index (χ0) is 21.8. The summed E-state index contributed by atoms with van der Waals surface area (Å²) in [6, 6.07) is 42.1. The van der Waals surface area contributed by atoms with Gasteiger partial charge in [0.05, 0.1) is 17.1 Å². The lowest BCUT2D eigenvalue weighted by atomic mass is 10.1. The van der Waals surface area contributed by atoms with E-state index in [1.807, 2.05) is 36.5 Å². The lowest BCUT2D eigenvalue weighted by Gasteiger charge is -2.15. The van der Waals surface area contributed by atoms with Gasteiger partial charge in [0.1, 0.15) is 0 Å². The van der Waals surface area contributed by atoms with E-state index >= 15 is 0 Å². The first kappa shape index (κ1) is 19.8. The molecule has 0 spiro atoms. The van der Waals surface area contributed by atoms with Crippen LogP contribution in [0.5, 0.6) is 0 Å². The van der Waals surface area contributed by atoms with Crippen LogP contribution in [0.25, 0.3) is 28.2 Å². The normalized spacial score (nSPS) is 11.2. The van der Waals surface area contributed by atoms with Crippen LogP contribution in [0, 0.1) is 6.92 Å². The molecule has 0 aliphatic carbocycles. The summed E-state index contributed by atoms with van der Waals surface area (Å²) in [5.41, 5.74) is 9.00. The van der Waals surface area contributed by atoms with E-state index in [0.29, 0.717) is 0 Å². The molecule has 5 rings (SSSR count). The van der Waals surface area contributed by atoms with Crippen LogP contribution >= 0.6 is 0 Å². The minimum Gasteiger partial charge on any atom is -0.309 e. The average molecular weight is 413 g/mol. The first-order valence-electron chi connectivity index (χ1n) is 10.8. The van der Waals surface area contributed by atoms with Gasteiger partial charge in [-0.25, -0.2) is 0 Å². The van der Waals surface area contributed by atoms with E-state index in [1.165, 1.54) is 11.1 Å². The van der Waals surface area contributed by atoms with Crippen molar-refractivity contribution in [3.05, 3.63) is 132 Å². The van der Waals surface area contributed by atoms with E-state index in [0.717, 1.165) is 33.9 Å². The Morgan fingerprint density at radius 3 is 1.81 bits per heavy atom. The maximum absolute atomic E-state index is 4.78. The summed E-state index contributed by atoms with van der Waals surface area (Å²) in [5.74, 6) is 0. The predicted molar refractivity (Wildman–Crippen MR) is 135 cm³/mol. The van der Waals surface area contributed by atoms with Crippen molar-refractivity contribution in [1.29, 1.82) is 0 Å². The molecule has 154 valence electrons. The van der Waals surface area contributed by atoms with Gasteiger partial charge in [0.2, 0.25) is 0 Å². The molecule has 0 amide bonds. The third-order valence-electron chi connectivity index (χ3n) is 5.55. The van der Waals surface area contributed by atoms with Gasteiger partial charge in [0.25, 0.3) is 0 Å². The second-order valence-corrected chi connectivity index (χ2v) is 7.83. The van der Waals surface area contributed by atoms with Crippen LogP contribution < -0.4 is 0 Å². The number of nitrogens with zero attached hydrogens (tertiary/aromatic N) is 2. The van der Waals surface area contributed by atoms with Gasteiger partial charge >= 0.3 is 0 Å². The minimum atomic E-state index is 0.941. The van der Waals surface area contributed by atoms with E-state index in [4.69, 9.17) is 4.99 Å². The number of para-hydroxylation sites is 1. The number of aryl methyl sites for hydroxylation is 1. The van der Waals surface area contributed by atoms with E-state index in [2.05, 4.69) is 102 Å². The molecule has 4 aromatic carbocycles. The zero-order valence-electron chi connectivity index (χ0n) is 18.0. The fourth-order valence-electron chi connectivity index (χ4n) is 3.96. The maximum Gasteiger partial charge on any atom is 0.0629 e. The van der Waals surface area contributed by atoms with E-state index in [-0.39, 0.29) is 0 Å². The summed E-state index contributed by atoms with van der Waals surface area (Å²) in [4.78, 5) is 4.78. The molecule has 2 nitrogen and oxygen atoms in total. The van der Waals surface area contributed by atoms with Crippen molar-refractivity contribution in [3.8, 4) is 28.2 Å². The SMILES string of the molecule is Cc1ccc(-n2c(-c3ccccc3)cc(C=Nc3ccccc3)c2-c2ccccc2)cc1. The monoisotopic (exact) mass is 412 g/mol. The molecular formula is C30H24N2. The van der Waals surface area contributed by atoms with Crippen LogP contribution in [-0.4, -0.2) is 10.8 Å². The van der Waals surface area contributed by atoms with Crippen molar-refractivity contribution < 1.29 is 0 Å². The predicted octanol–water partition coefficient (Wildman–Crippen LogP) is 7.87. The lowest BCUT2D eigenvalue weighted by molar-refractivity contribution is 1.09. The summed E-state index contributed by atoms with van der Waals surface area (Å²) in [5, 5.41) is 0. The Hall–Kier alpha value is -4.17. The van der Waals surface area contributed by atoms with Gasteiger partial charge in [-0.2, -0.15) is 0 Å². The first-order chi connectivity index (χ1) is 15.8. The largest absolute Gasteiger partial charge is 0.309 e. The summed E-state index contributed by atoms with van der Waals surface area (Å²) >= 11 is 0. The molecule has 0 aliphatic heterocycles. The Morgan fingerprint density at radius 1 is 0.625 bits per heavy atom. The molecule has 5 aromatic rings. The smallest absolute Gasteiger partial charge is 0.0629 e. The molecule has 0 radical (unpaired) electrons. The minimum absolute atomic E-state index is 0.941. The fraction of sp³-hybridized carbons (Fsp3) is 0.0333. The molecule has 32 heavy (non-hydrogen) atoms. The standard InChI is InChI=1S/C30H24N2/c1-23-17-19-28(20-18-23)32-29(24-11-5-2-6-12-24)21-26(22-31-27-15-9-4-10-16-27)30(32)25-13-7-3-8-14-25/h2-22H,1H3. The van der Waals surface area contributed by atoms with Crippen molar-refractivity contribution >= 4 is 11.9 Å². The van der Waals surface area contributed by atoms with E-state index in [1.54, 1.807) is 0 Å². The Morgan fingerprint density at radius 2 is 1.19 bits per heavy atom. The Balaban J connectivity index is 1.78. The number of hydrogen-bond donors (Lipinski definition) is 0. The third kappa shape index (κ3) is 4.03. The van der Waals surface area contributed by atoms with Crippen molar-refractivity contribution in [1.82, 2.24) is 4.57 Å². The van der Waals surface area contributed by atoms with Crippen LogP contribution in [0.4, 0.5) is 5.69 Å². The zero-order valence-corrected chi connectivity index (χ0v) is 18.0. The van der Waals surface area contributed by atoms with Gasteiger partial charge in [-0.15, -0.1) is 0 Å². The second-order valence-electron chi connectivity index (χ2n) is 7.83. The summed E-state index contributed by atoms with van der Waals surface area (Å²) in [7, 11) is 0. The van der Waals surface area contributed by atoms with Gasteiger partial charge < -0.3 is 4.57 Å². The van der Waals surface area contributed by atoms with Gasteiger partial charge in [-0.1, -0.05) is 96.6 Å². The van der Waals surface area contributed by atoms with Gasteiger partial charge in [-0.3, -0.25) is 4.99 Å². The maximum atomic E-state index is 4.78. The van der Waals surface area contributed by atoms with Crippen molar-refractivity contribution in [2.45, 2.75) is 6.92 Å². The summed E-state index contributed by atoms with van der Waals surface area (Å²) < 4.78 is 2.34. The number of rotatable bonds is 5. The third-order valence-corrected chi connectivity index (χ3v) is 5.55. The Kier molecular flexibility index (Phi) is 5.50. The van der Waals surface area contributed by atoms with E-state index in [9.17, 15) is 0 Å². The highest BCUT2D eigenvalue weighted by Gasteiger charge is 2.18. The molecule has 0 saturated carbocycles. The molecule has 0 atom stereocenters. The van der Waals surface area contributed by atoms with Gasteiger partial charge in [0, 0.05) is 17.5 Å². The molecule has 0 saturated heterocycles. The highest BCUT2D eigenvalue weighted by molar-refractivity contribution is 5.94. The van der Waals surface area contributed by atoms with Crippen molar-refractivity contribution in [3.63, 3.8) is 0 Å². The Labute approximate surface area is 189 Å². The highest BCUT2D eigenvalue weighted by atomic mass is 15.0. The number of benzene rings is 4. The summed E-state index contributed by atoms with van der Waals surface area (Å²) in [6.45, 7) is 2.12. The topological polar surface area (TPSA) is 17.3 Å². The molecule has 0 aliphatic rings. The van der Waals surface area contributed by atoms with E-state index < -0.39 is 0 Å². The summed E-state index contributed by atoms with van der Waals surface area (Å²) in [6.07, 6.45) is 1.98. The average Bonchev–Trinajstić information content (AvgIpc) is 3.24. The van der Waals surface area contributed by atoms with Crippen molar-refractivity contribution in [2.24, 2.45) is 4.99 Å². The molecular weight excluding hydrogens is 388 g/mol. The molecule has 0 N–H and O–H groups in total. The highest BCUT2D eigenvalue weighted by Crippen LogP contribution is 2.35. The molecule has 1 heterocycles. The molecule has 2 heteroatoms. The first-order valence-corrected chi connectivity index (χ1v) is 10.8. The number of aromatic nitrogens is 1. The number of hydrogen-bond acceptors (Lipinski definition) is 1. The van der Waals surface area contributed by atoms with Crippen LogP contribution in [0.1, 0.15) is 11.1 Å². The second kappa shape index (κ2) is 8.91. The number of aliphatic imine (C=N–C) groups is 1. The van der Waals surface area contributed by atoms with Crippen LogP contribution in [-0.2, 0) is 0 Å². The van der Waals surface area contributed by atoms with Crippen LogP contribution in [0.2, 0.25) is 0 Å². The lowest BCUT2D eigenvalue weighted by Crippen LogP contribution is -2.00. The van der Waals surface area contributed by atoms with Crippen LogP contribution in [0.15, 0.2) is 126 Å². The molecule has 0 bridgehead atoms. The molecule has 0 fully saturated rings. The Bertz CT molecular complexity index is 1330. The van der Waals surface area contributed by atoms with Crippen LogP contribution in [0.3, 0.4) is 0 Å². The molecule has 0 unspecified atom stereocenters.